The number of benzene rings is 1. The van der Waals surface area contributed by atoms with Crippen LogP contribution in [0.15, 0.2) is 36.7 Å². The number of amides is 1. The van der Waals surface area contributed by atoms with Gasteiger partial charge in [-0.15, -0.1) is 0 Å². The third-order valence-electron chi connectivity index (χ3n) is 2.49. The van der Waals surface area contributed by atoms with Crippen LogP contribution < -0.4 is 5.32 Å². The fourth-order valence-corrected chi connectivity index (χ4v) is 1.63. The molecule has 0 fully saturated rings. The van der Waals surface area contributed by atoms with Crippen molar-refractivity contribution in [3.05, 3.63) is 47.5 Å². The molecule has 0 aliphatic carbocycles. The highest BCUT2D eigenvalue weighted by atomic mass is 35.5. The third-order valence-corrected chi connectivity index (χ3v) is 2.78. The van der Waals surface area contributed by atoms with Gasteiger partial charge in [-0.2, -0.15) is 5.10 Å². The first kappa shape index (κ1) is 12.6. The molecule has 0 spiro atoms. The van der Waals surface area contributed by atoms with Crippen LogP contribution in [0.25, 0.3) is 0 Å². The van der Waals surface area contributed by atoms with E-state index in [0.29, 0.717) is 5.69 Å². The van der Waals surface area contributed by atoms with Crippen molar-refractivity contribution < 1.29 is 9.18 Å². The first-order valence-electron chi connectivity index (χ1n) is 5.33. The van der Waals surface area contributed by atoms with Gasteiger partial charge in [-0.1, -0.05) is 11.6 Å². The molecular formula is C12H11ClFN3O. The second kappa shape index (κ2) is 5.18. The smallest absolute Gasteiger partial charge is 0.248 e. The lowest BCUT2D eigenvalue weighted by Gasteiger charge is -2.12. The van der Waals surface area contributed by atoms with E-state index in [0.717, 1.165) is 0 Å². The summed E-state index contributed by atoms with van der Waals surface area (Å²) in [5.74, 6) is -0.767. The third kappa shape index (κ3) is 2.68. The number of nitrogens with one attached hydrogen (secondary N) is 1. The van der Waals surface area contributed by atoms with Gasteiger partial charge in [-0.05, 0) is 31.2 Å². The van der Waals surface area contributed by atoms with Crippen LogP contribution in [0.1, 0.15) is 13.0 Å². The van der Waals surface area contributed by atoms with Crippen LogP contribution >= 0.6 is 11.6 Å². The molecule has 2 rings (SSSR count). The van der Waals surface area contributed by atoms with Gasteiger partial charge in [-0.3, -0.25) is 9.48 Å². The molecule has 0 aliphatic heterocycles. The summed E-state index contributed by atoms with van der Waals surface area (Å²) < 4.78 is 14.5. The van der Waals surface area contributed by atoms with E-state index < -0.39 is 11.9 Å². The fraction of sp³-hybridized carbons (Fsp3) is 0.167. The highest BCUT2D eigenvalue weighted by Gasteiger charge is 2.15. The van der Waals surface area contributed by atoms with E-state index in [-0.39, 0.29) is 10.9 Å². The molecular weight excluding hydrogens is 257 g/mol. The number of nitrogens with zero attached hydrogens (tertiary/aromatic N) is 2. The van der Waals surface area contributed by atoms with Crippen molar-refractivity contribution in [1.29, 1.82) is 0 Å². The summed E-state index contributed by atoms with van der Waals surface area (Å²) in [5.41, 5.74) is 0.449. The van der Waals surface area contributed by atoms with Crippen molar-refractivity contribution >= 4 is 23.2 Å². The number of hydrogen-bond acceptors (Lipinski definition) is 2. The van der Waals surface area contributed by atoms with Crippen LogP contribution in [-0.4, -0.2) is 15.7 Å². The van der Waals surface area contributed by atoms with Gasteiger partial charge in [0, 0.05) is 18.1 Å². The molecule has 0 bridgehead atoms. The molecule has 0 saturated heterocycles. The van der Waals surface area contributed by atoms with E-state index in [1.165, 1.54) is 22.9 Å². The number of carbonyl (C=O) groups excluding carboxylic acids is 1. The molecule has 2 aromatic rings. The monoisotopic (exact) mass is 267 g/mol. The van der Waals surface area contributed by atoms with E-state index in [9.17, 15) is 9.18 Å². The number of hydrogen-bond donors (Lipinski definition) is 1. The minimum atomic E-state index is -0.519. The summed E-state index contributed by atoms with van der Waals surface area (Å²) in [7, 11) is 0. The molecule has 0 saturated carbocycles. The Labute approximate surface area is 108 Å². The number of carbonyl (C=O) groups is 1. The Kier molecular flexibility index (Phi) is 3.62. The Morgan fingerprint density at radius 2 is 2.33 bits per heavy atom. The van der Waals surface area contributed by atoms with Crippen LogP contribution in [0.2, 0.25) is 5.02 Å². The summed E-state index contributed by atoms with van der Waals surface area (Å²) in [6, 6.07) is 5.30. The summed E-state index contributed by atoms with van der Waals surface area (Å²) in [4.78, 5) is 11.9. The molecule has 1 N–H and O–H groups in total. The summed E-state index contributed by atoms with van der Waals surface area (Å²) >= 11 is 5.63. The second-order valence-electron chi connectivity index (χ2n) is 3.78. The van der Waals surface area contributed by atoms with Gasteiger partial charge in [0.2, 0.25) is 5.91 Å². The lowest BCUT2D eigenvalue weighted by atomic mass is 10.2. The summed E-state index contributed by atoms with van der Waals surface area (Å²) in [5, 5.41) is 6.60. The molecule has 4 nitrogen and oxygen atoms in total. The maximum atomic E-state index is 13.0. The average molecular weight is 268 g/mol. The SMILES string of the molecule is C[C@H](C(=O)Nc1ccc(F)c(Cl)c1)n1cccn1. The number of rotatable bonds is 3. The van der Waals surface area contributed by atoms with Gasteiger partial charge in [0.25, 0.3) is 0 Å². The van der Waals surface area contributed by atoms with Gasteiger partial charge in [-0.25, -0.2) is 4.39 Å². The molecule has 0 radical (unpaired) electrons. The summed E-state index contributed by atoms with van der Waals surface area (Å²) in [6.07, 6.45) is 3.29. The van der Waals surface area contributed by atoms with Crippen molar-refractivity contribution in [1.82, 2.24) is 9.78 Å². The molecule has 18 heavy (non-hydrogen) atoms. The van der Waals surface area contributed by atoms with Crippen molar-refractivity contribution in [3.8, 4) is 0 Å². The topological polar surface area (TPSA) is 46.9 Å². The lowest BCUT2D eigenvalue weighted by Crippen LogP contribution is -2.23. The molecule has 0 unspecified atom stereocenters. The van der Waals surface area contributed by atoms with Crippen LogP contribution in [-0.2, 0) is 4.79 Å². The Balaban J connectivity index is 2.09. The van der Waals surface area contributed by atoms with Gasteiger partial charge >= 0.3 is 0 Å². The average Bonchev–Trinajstić information content (AvgIpc) is 2.86. The van der Waals surface area contributed by atoms with Crippen LogP contribution in [0.3, 0.4) is 0 Å². The van der Waals surface area contributed by atoms with Gasteiger partial charge < -0.3 is 5.32 Å². The predicted octanol–water partition coefficient (Wildman–Crippen LogP) is 2.88. The van der Waals surface area contributed by atoms with Crippen molar-refractivity contribution in [2.24, 2.45) is 0 Å². The molecule has 6 heteroatoms. The quantitative estimate of drug-likeness (QED) is 0.929. The zero-order valence-electron chi connectivity index (χ0n) is 9.60. The van der Waals surface area contributed by atoms with E-state index in [4.69, 9.17) is 11.6 Å². The number of aromatic nitrogens is 2. The molecule has 1 atom stereocenters. The van der Waals surface area contributed by atoms with E-state index in [1.54, 1.807) is 25.4 Å². The molecule has 94 valence electrons. The summed E-state index contributed by atoms with van der Waals surface area (Å²) in [6.45, 7) is 1.72. The van der Waals surface area contributed by atoms with E-state index >= 15 is 0 Å². The first-order chi connectivity index (χ1) is 8.58. The zero-order valence-corrected chi connectivity index (χ0v) is 10.4. The van der Waals surface area contributed by atoms with Crippen LogP contribution in [0, 0.1) is 5.82 Å². The normalized spacial score (nSPS) is 12.2. The van der Waals surface area contributed by atoms with E-state index in [1.807, 2.05) is 0 Å². The Morgan fingerprint density at radius 1 is 1.56 bits per heavy atom. The molecule has 1 aromatic carbocycles. The fourth-order valence-electron chi connectivity index (χ4n) is 1.45. The largest absolute Gasteiger partial charge is 0.324 e. The van der Waals surface area contributed by atoms with Crippen molar-refractivity contribution in [3.63, 3.8) is 0 Å². The molecule has 0 aliphatic rings. The Hall–Kier alpha value is -1.88. The van der Waals surface area contributed by atoms with E-state index in [2.05, 4.69) is 10.4 Å². The standard InChI is InChI=1S/C12H11ClFN3O/c1-8(17-6-2-5-15-17)12(18)16-9-3-4-11(14)10(13)7-9/h2-8H,1H3,(H,16,18)/t8-/m1/s1. The number of halogens is 2. The Morgan fingerprint density at radius 3 is 2.94 bits per heavy atom. The maximum Gasteiger partial charge on any atom is 0.248 e. The minimum Gasteiger partial charge on any atom is -0.324 e. The zero-order chi connectivity index (χ0) is 13.1. The molecule has 1 heterocycles. The number of anilines is 1. The van der Waals surface area contributed by atoms with Crippen LogP contribution in [0.5, 0.6) is 0 Å². The highest BCUT2D eigenvalue weighted by Crippen LogP contribution is 2.20. The van der Waals surface area contributed by atoms with Crippen molar-refractivity contribution in [2.75, 3.05) is 5.32 Å². The lowest BCUT2D eigenvalue weighted by molar-refractivity contribution is -0.119. The van der Waals surface area contributed by atoms with Crippen molar-refractivity contribution in [2.45, 2.75) is 13.0 Å². The second-order valence-corrected chi connectivity index (χ2v) is 4.19. The van der Waals surface area contributed by atoms with Gasteiger partial charge in [0.05, 0.1) is 5.02 Å². The highest BCUT2D eigenvalue weighted by molar-refractivity contribution is 6.31. The first-order valence-corrected chi connectivity index (χ1v) is 5.71. The molecule has 1 amide bonds. The minimum absolute atomic E-state index is 0.0282. The van der Waals surface area contributed by atoms with Crippen LogP contribution in [0.4, 0.5) is 10.1 Å². The maximum absolute atomic E-state index is 13.0. The predicted molar refractivity (Wildman–Crippen MR) is 67.0 cm³/mol. The van der Waals surface area contributed by atoms with Gasteiger partial charge in [0.1, 0.15) is 11.9 Å². The Bertz CT molecular complexity index is 556. The van der Waals surface area contributed by atoms with Gasteiger partial charge in [0.15, 0.2) is 0 Å². The molecule has 1 aromatic heterocycles.